The highest BCUT2D eigenvalue weighted by molar-refractivity contribution is 5.69. The predicted molar refractivity (Wildman–Crippen MR) is 133 cm³/mol. The zero-order valence-electron chi connectivity index (χ0n) is 19.9. The first-order valence-electron chi connectivity index (χ1n) is 11.5. The first kappa shape index (κ1) is 22.5. The summed E-state index contributed by atoms with van der Waals surface area (Å²) in [6.45, 7) is 7.99. The number of anilines is 2. The summed E-state index contributed by atoms with van der Waals surface area (Å²) in [6, 6.07) is 14.0. The fraction of sp³-hybridized carbons (Fsp3) is 0.308. The normalized spacial score (nSPS) is 15.8. The molecule has 1 aliphatic heterocycles. The van der Waals surface area contributed by atoms with E-state index in [0.717, 1.165) is 29.9 Å². The third-order valence-corrected chi connectivity index (χ3v) is 6.29. The smallest absolute Gasteiger partial charge is 0.270 e. The SMILES string of the molecule is C[C@@H]1CCN(c2cccc(-c3nnc(-c4nc(-c5ccnc(C(C)(C)C#N)c5)cnc4N)o3)c2)C1. The Hall–Kier alpha value is -4.32. The molecule has 2 N–H and O–H groups in total. The fourth-order valence-electron chi connectivity index (χ4n) is 4.12. The van der Waals surface area contributed by atoms with Gasteiger partial charge in [0.2, 0.25) is 5.89 Å². The van der Waals surface area contributed by atoms with Gasteiger partial charge in [0.25, 0.3) is 5.89 Å². The first-order valence-corrected chi connectivity index (χ1v) is 11.5. The summed E-state index contributed by atoms with van der Waals surface area (Å²) in [4.78, 5) is 15.7. The van der Waals surface area contributed by atoms with Crippen molar-refractivity contribution in [1.82, 2.24) is 25.1 Å². The minimum Gasteiger partial charge on any atom is -0.414 e. The van der Waals surface area contributed by atoms with Crippen LogP contribution in [0.15, 0.2) is 53.2 Å². The van der Waals surface area contributed by atoms with Gasteiger partial charge in [-0.15, -0.1) is 10.2 Å². The van der Waals surface area contributed by atoms with Crippen LogP contribution in [-0.4, -0.2) is 38.2 Å². The summed E-state index contributed by atoms with van der Waals surface area (Å²) in [5.41, 5.74) is 9.65. The van der Waals surface area contributed by atoms with Crippen molar-refractivity contribution < 1.29 is 4.42 Å². The van der Waals surface area contributed by atoms with Crippen molar-refractivity contribution in [2.24, 2.45) is 5.92 Å². The lowest BCUT2D eigenvalue weighted by molar-refractivity contribution is 0.582. The molecule has 0 saturated carbocycles. The molecule has 0 aliphatic carbocycles. The number of hydrogen-bond donors (Lipinski definition) is 1. The van der Waals surface area contributed by atoms with E-state index < -0.39 is 5.41 Å². The molecule has 3 aromatic heterocycles. The zero-order chi connectivity index (χ0) is 24.6. The molecule has 1 atom stereocenters. The van der Waals surface area contributed by atoms with E-state index in [1.54, 1.807) is 12.4 Å². The van der Waals surface area contributed by atoms with Gasteiger partial charge < -0.3 is 15.1 Å². The largest absolute Gasteiger partial charge is 0.414 e. The lowest BCUT2D eigenvalue weighted by Crippen LogP contribution is -2.18. The van der Waals surface area contributed by atoms with E-state index in [1.807, 2.05) is 38.1 Å². The van der Waals surface area contributed by atoms with E-state index in [4.69, 9.17) is 10.2 Å². The summed E-state index contributed by atoms with van der Waals surface area (Å²) in [5, 5.41) is 17.9. The number of nitrogens with zero attached hydrogens (tertiary/aromatic N) is 7. The van der Waals surface area contributed by atoms with Crippen molar-refractivity contribution in [3.05, 3.63) is 54.5 Å². The average Bonchev–Trinajstić information content (AvgIpc) is 3.54. The number of nitriles is 1. The van der Waals surface area contributed by atoms with E-state index in [-0.39, 0.29) is 11.7 Å². The molecule has 1 saturated heterocycles. The molecule has 0 amide bonds. The number of nitrogen functional groups attached to an aromatic ring is 1. The van der Waals surface area contributed by atoms with Crippen molar-refractivity contribution in [2.75, 3.05) is 23.7 Å². The second kappa shape index (κ2) is 8.80. The van der Waals surface area contributed by atoms with Crippen LogP contribution in [0.1, 0.15) is 32.9 Å². The Morgan fingerprint density at radius 1 is 1.11 bits per heavy atom. The van der Waals surface area contributed by atoms with E-state index in [1.165, 1.54) is 6.42 Å². The number of benzene rings is 1. The third-order valence-electron chi connectivity index (χ3n) is 6.29. The van der Waals surface area contributed by atoms with Gasteiger partial charge in [0, 0.05) is 36.1 Å². The van der Waals surface area contributed by atoms with Crippen molar-refractivity contribution in [1.29, 1.82) is 5.26 Å². The Morgan fingerprint density at radius 3 is 2.71 bits per heavy atom. The molecule has 176 valence electrons. The van der Waals surface area contributed by atoms with Crippen LogP contribution in [0.4, 0.5) is 11.5 Å². The van der Waals surface area contributed by atoms with Gasteiger partial charge in [-0.25, -0.2) is 9.97 Å². The van der Waals surface area contributed by atoms with Crippen LogP contribution in [0.25, 0.3) is 34.3 Å². The average molecular weight is 467 g/mol. The maximum Gasteiger partial charge on any atom is 0.270 e. The van der Waals surface area contributed by atoms with Crippen LogP contribution in [-0.2, 0) is 5.41 Å². The molecule has 0 radical (unpaired) electrons. The highest BCUT2D eigenvalue weighted by Crippen LogP contribution is 2.31. The summed E-state index contributed by atoms with van der Waals surface area (Å²) < 4.78 is 5.98. The molecule has 5 rings (SSSR count). The first-order chi connectivity index (χ1) is 16.8. The van der Waals surface area contributed by atoms with E-state index in [0.29, 0.717) is 28.9 Å². The Bertz CT molecular complexity index is 1420. The minimum absolute atomic E-state index is 0.190. The number of pyridine rings is 1. The molecule has 1 aliphatic rings. The predicted octanol–water partition coefficient (Wildman–Crippen LogP) is 4.49. The maximum atomic E-state index is 9.46. The van der Waals surface area contributed by atoms with Gasteiger partial charge in [0.15, 0.2) is 11.5 Å². The highest BCUT2D eigenvalue weighted by Gasteiger charge is 2.23. The standard InChI is InChI=1S/C26H26N8O/c1-16-8-10-34(14-16)19-6-4-5-18(11-19)24-32-33-25(35-24)22-23(28)30-13-20(31-22)17-7-9-29-21(12-17)26(2,3)15-27/h4-7,9,11-13,16H,8,10,14H2,1-3H3,(H2,28,30)/t16-/m1/s1. The van der Waals surface area contributed by atoms with Gasteiger partial charge in [-0.1, -0.05) is 13.0 Å². The topological polar surface area (TPSA) is 131 Å². The molecule has 0 bridgehead atoms. The fourth-order valence-corrected chi connectivity index (χ4v) is 4.12. The summed E-state index contributed by atoms with van der Waals surface area (Å²) in [7, 11) is 0. The molecule has 0 spiro atoms. The quantitative estimate of drug-likeness (QED) is 0.452. The van der Waals surface area contributed by atoms with Gasteiger partial charge in [0.1, 0.15) is 0 Å². The molecular weight excluding hydrogens is 440 g/mol. The van der Waals surface area contributed by atoms with E-state index in [2.05, 4.69) is 55.2 Å². The van der Waals surface area contributed by atoms with Crippen molar-refractivity contribution in [2.45, 2.75) is 32.6 Å². The Labute approximate surface area is 203 Å². The highest BCUT2D eigenvalue weighted by atomic mass is 16.4. The van der Waals surface area contributed by atoms with Crippen LogP contribution in [0.5, 0.6) is 0 Å². The molecule has 1 aromatic carbocycles. The van der Waals surface area contributed by atoms with Crippen molar-refractivity contribution >= 4 is 11.5 Å². The lowest BCUT2D eigenvalue weighted by atomic mass is 9.90. The Kier molecular flexibility index (Phi) is 5.65. The number of aromatic nitrogens is 5. The van der Waals surface area contributed by atoms with E-state index >= 15 is 0 Å². The Morgan fingerprint density at radius 2 is 1.94 bits per heavy atom. The molecule has 0 unspecified atom stereocenters. The van der Waals surface area contributed by atoms with Crippen molar-refractivity contribution in [3.63, 3.8) is 0 Å². The zero-order valence-corrected chi connectivity index (χ0v) is 19.9. The molecule has 9 heteroatoms. The maximum absolute atomic E-state index is 9.46. The molecule has 35 heavy (non-hydrogen) atoms. The number of hydrogen-bond acceptors (Lipinski definition) is 9. The van der Waals surface area contributed by atoms with Gasteiger partial charge in [-0.3, -0.25) is 4.98 Å². The van der Waals surface area contributed by atoms with Crippen molar-refractivity contribution in [3.8, 4) is 40.4 Å². The summed E-state index contributed by atoms with van der Waals surface area (Å²) in [5.74, 6) is 1.46. The number of rotatable bonds is 5. The van der Waals surface area contributed by atoms with Crippen LogP contribution < -0.4 is 10.6 Å². The molecule has 9 nitrogen and oxygen atoms in total. The van der Waals surface area contributed by atoms with Gasteiger partial charge in [-0.05, 0) is 56.5 Å². The Balaban J connectivity index is 1.46. The van der Waals surface area contributed by atoms with Gasteiger partial charge in [0.05, 0.1) is 29.1 Å². The summed E-state index contributed by atoms with van der Waals surface area (Å²) in [6.07, 6.45) is 4.42. The van der Waals surface area contributed by atoms with Crippen LogP contribution in [0, 0.1) is 17.2 Å². The number of nitrogens with two attached hydrogens (primary N) is 1. The monoisotopic (exact) mass is 466 g/mol. The molecular formula is C26H26N8O. The van der Waals surface area contributed by atoms with Crippen LogP contribution in [0.3, 0.4) is 0 Å². The molecule has 4 aromatic rings. The second-order valence-corrected chi connectivity index (χ2v) is 9.46. The molecule has 4 heterocycles. The van der Waals surface area contributed by atoms with Gasteiger partial charge in [-0.2, -0.15) is 5.26 Å². The lowest BCUT2D eigenvalue weighted by Gasteiger charge is -2.18. The molecule has 1 fully saturated rings. The third kappa shape index (κ3) is 4.43. The van der Waals surface area contributed by atoms with Gasteiger partial charge >= 0.3 is 0 Å². The van der Waals surface area contributed by atoms with E-state index in [9.17, 15) is 5.26 Å². The van der Waals surface area contributed by atoms with Crippen LogP contribution in [0.2, 0.25) is 0 Å². The summed E-state index contributed by atoms with van der Waals surface area (Å²) >= 11 is 0. The van der Waals surface area contributed by atoms with Crippen LogP contribution >= 0.6 is 0 Å². The second-order valence-electron chi connectivity index (χ2n) is 9.46. The minimum atomic E-state index is -0.733.